The molecule has 2 atom stereocenters. The van der Waals surface area contributed by atoms with Crippen molar-refractivity contribution in [2.75, 3.05) is 7.11 Å². The monoisotopic (exact) mass is 289 g/mol. The Morgan fingerprint density at radius 2 is 1.95 bits per heavy atom. The maximum absolute atomic E-state index is 5.21. The van der Waals surface area contributed by atoms with Crippen LogP contribution in [0.25, 0.3) is 0 Å². The minimum Gasteiger partial charge on any atom is -0.497 e. The van der Waals surface area contributed by atoms with Gasteiger partial charge in [-0.15, -0.1) is 0 Å². The zero-order chi connectivity index (χ0) is 14.4. The van der Waals surface area contributed by atoms with E-state index in [0.29, 0.717) is 12.1 Å². The molecule has 1 aromatic heterocycles. The van der Waals surface area contributed by atoms with Gasteiger partial charge in [0.2, 0.25) is 0 Å². The Bertz CT molecular complexity index is 492. The summed E-state index contributed by atoms with van der Waals surface area (Å²) in [6.45, 7) is 4.48. The smallest absolute Gasteiger partial charge is 0.118 e. The molecule has 20 heavy (non-hydrogen) atoms. The van der Waals surface area contributed by atoms with Gasteiger partial charge in [0.05, 0.1) is 7.11 Å². The second-order valence-electron chi connectivity index (χ2n) is 5.14. The molecule has 2 unspecified atom stereocenters. The molecule has 2 rings (SSSR count). The highest BCUT2D eigenvalue weighted by Crippen LogP contribution is 2.21. The van der Waals surface area contributed by atoms with Crippen molar-refractivity contribution >= 4 is 11.3 Å². The van der Waals surface area contributed by atoms with Gasteiger partial charge in [-0.2, -0.15) is 11.3 Å². The number of rotatable bonds is 7. The van der Waals surface area contributed by atoms with Crippen LogP contribution in [0.3, 0.4) is 0 Å². The number of ether oxygens (including phenoxy) is 1. The third-order valence-electron chi connectivity index (χ3n) is 3.53. The predicted octanol–water partition coefficient (Wildman–Crippen LogP) is 4.43. The molecule has 0 bridgehead atoms. The van der Waals surface area contributed by atoms with Crippen LogP contribution in [-0.4, -0.2) is 13.2 Å². The maximum Gasteiger partial charge on any atom is 0.118 e. The molecule has 1 aromatic carbocycles. The Kier molecular flexibility index (Phi) is 5.62. The third kappa shape index (κ3) is 4.09. The minimum absolute atomic E-state index is 0.398. The first-order valence-corrected chi connectivity index (χ1v) is 8.08. The van der Waals surface area contributed by atoms with Gasteiger partial charge >= 0.3 is 0 Å². The van der Waals surface area contributed by atoms with E-state index in [9.17, 15) is 0 Å². The first-order chi connectivity index (χ1) is 9.72. The third-order valence-corrected chi connectivity index (χ3v) is 4.27. The lowest BCUT2D eigenvalue weighted by Crippen LogP contribution is -2.31. The van der Waals surface area contributed by atoms with Crippen molar-refractivity contribution in [1.29, 1.82) is 0 Å². The van der Waals surface area contributed by atoms with E-state index in [-0.39, 0.29) is 0 Å². The Labute approximate surface area is 125 Å². The van der Waals surface area contributed by atoms with E-state index < -0.39 is 0 Å². The van der Waals surface area contributed by atoms with Gasteiger partial charge in [-0.1, -0.05) is 19.1 Å². The normalized spacial score (nSPS) is 13.9. The van der Waals surface area contributed by atoms with Gasteiger partial charge < -0.3 is 10.1 Å². The summed E-state index contributed by atoms with van der Waals surface area (Å²) in [7, 11) is 1.70. The highest BCUT2D eigenvalue weighted by atomic mass is 32.1. The molecule has 0 saturated carbocycles. The molecule has 2 nitrogen and oxygen atoms in total. The molecule has 2 aromatic rings. The van der Waals surface area contributed by atoms with Gasteiger partial charge in [-0.25, -0.2) is 0 Å². The Morgan fingerprint density at radius 1 is 1.20 bits per heavy atom. The van der Waals surface area contributed by atoms with E-state index in [0.717, 1.165) is 18.6 Å². The van der Waals surface area contributed by atoms with Crippen LogP contribution in [0.15, 0.2) is 41.1 Å². The summed E-state index contributed by atoms with van der Waals surface area (Å²) < 4.78 is 5.21. The number of methoxy groups -OCH3 is 1. The van der Waals surface area contributed by atoms with Gasteiger partial charge in [0.1, 0.15) is 5.75 Å². The van der Waals surface area contributed by atoms with E-state index in [2.05, 4.69) is 48.1 Å². The molecular weight excluding hydrogens is 266 g/mol. The SMILES string of the molecule is CCC(NC(C)Cc1ccsc1)c1ccc(OC)cc1. The van der Waals surface area contributed by atoms with E-state index in [1.807, 2.05) is 12.1 Å². The maximum atomic E-state index is 5.21. The second kappa shape index (κ2) is 7.46. The highest BCUT2D eigenvalue weighted by Gasteiger charge is 2.13. The van der Waals surface area contributed by atoms with Crippen LogP contribution in [-0.2, 0) is 6.42 Å². The molecule has 0 aliphatic carbocycles. The fraction of sp³-hybridized carbons (Fsp3) is 0.412. The summed E-state index contributed by atoms with van der Waals surface area (Å²) >= 11 is 1.77. The summed E-state index contributed by atoms with van der Waals surface area (Å²) in [5.74, 6) is 0.912. The number of benzene rings is 1. The molecule has 3 heteroatoms. The molecule has 0 amide bonds. The lowest BCUT2D eigenvalue weighted by molar-refractivity contribution is 0.413. The van der Waals surface area contributed by atoms with Gasteiger partial charge in [0.15, 0.2) is 0 Å². The van der Waals surface area contributed by atoms with E-state index in [1.165, 1.54) is 11.1 Å². The van der Waals surface area contributed by atoms with Gasteiger partial charge in [0, 0.05) is 12.1 Å². The molecule has 0 fully saturated rings. The van der Waals surface area contributed by atoms with E-state index >= 15 is 0 Å². The first-order valence-electron chi connectivity index (χ1n) is 7.14. The topological polar surface area (TPSA) is 21.3 Å². The lowest BCUT2D eigenvalue weighted by atomic mass is 10.0. The van der Waals surface area contributed by atoms with Crippen LogP contribution in [0.1, 0.15) is 37.4 Å². The lowest BCUT2D eigenvalue weighted by Gasteiger charge is -2.22. The van der Waals surface area contributed by atoms with Crippen molar-refractivity contribution in [2.24, 2.45) is 0 Å². The Balaban J connectivity index is 1.96. The van der Waals surface area contributed by atoms with Gasteiger partial charge in [0.25, 0.3) is 0 Å². The average Bonchev–Trinajstić information content (AvgIpc) is 2.97. The predicted molar refractivity (Wildman–Crippen MR) is 86.6 cm³/mol. The fourth-order valence-corrected chi connectivity index (χ4v) is 3.13. The van der Waals surface area contributed by atoms with Crippen molar-refractivity contribution in [1.82, 2.24) is 5.32 Å². The van der Waals surface area contributed by atoms with E-state index in [1.54, 1.807) is 18.4 Å². The van der Waals surface area contributed by atoms with Crippen molar-refractivity contribution in [3.8, 4) is 5.75 Å². The molecule has 0 radical (unpaired) electrons. The molecular formula is C17H23NOS. The van der Waals surface area contributed by atoms with Crippen LogP contribution < -0.4 is 10.1 Å². The van der Waals surface area contributed by atoms with Gasteiger partial charge in [-0.05, 0) is 59.9 Å². The minimum atomic E-state index is 0.398. The summed E-state index contributed by atoms with van der Waals surface area (Å²) in [5.41, 5.74) is 2.74. The molecule has 108 valence electrons. The van der Waals surface area contributed by atoms with Crippen LogP contribution >= 0.6 is 11.3 Å². The zero-order valence-electron chi connectivity index (χ0n) is 12.4. The van der Waals surface area contributed by atoms with Crippen LogP contribution in [0.2, 0.25) is 0 Å². The van der Waals surface area contributed by atoms with Crippen molar-refractivity contribution in [2.45, 2.75) is 38.8 Å². The molecule has 0 aliphatic rings. The Hall–Kier alpha value is -1.32. The Morgan fingerprint density at radius 3 is 2.50 bits per heavy atom. The summed E-state index contributed by atoms with van der Waals surface area (Å²) in [6.07, 6.45) is 2.16. The first kappa shape index (κ1) is 15.1. The van der Waals surface area contributed by atoms with Crippen LogP contribution in [0.4, 0.5) is 0 Å². The molecule has 0 spiro atoms. The largest absolute Gasteiger partial charge is 0.497 e. The van der Waals surface area contributed by atoms with Crippen molar-refractivity contribution in [3.63, 3.8) is 0 Å². The summed E-state index contributed by atoms with van der Waals surface area (Å²) in [4.78, 5) is 0. The second-order valence-corrected chi connectivity index (χ2v) is 5.92. The summed E-state index contributed by atoms with van der Waals surface area (Å²) in [5, 5.41) is 8.09. The zero-order valence-corrected chi connectivity index (χ0v) is 13.2. The van der Waals surface area contributed by atoms with Crippen LogP contribution in [0, 0.1) is 0 Å². The molecule has 0 saturated heterocycles. The van der Waals surface area contributed by atoms with E-state index in [4.69, 9.17) is 4.74 Å². The van der Waals surface area contributed by atoms with Crippen molar-refractivity contribution in [3.05, 3.63) is 52.2 Å². The molecule has 1 N–H and O–H groups in total. The highest BCUT2D eigenvalue weighted by molar-refractivity contribution is 7.07. The number of nitrogens with one attached hydrogen (secondary N) is 1. The quantitative estimate of drug-likeness (QED) is 0.814. The standard InChI is InChI=1S/C17H23NOS/c1-4-17(15-5-7-16(19-3)8-6-15)18-13(2)11-14-9-10-20-12-14/h5-10,12-13,17-18H,4,11H2,1-3H3. The summed E-state index contributed by atoms with van der Waals surface area (Å²) in [6, 6.07) is 11.4. The number of hydrogen-bond donors (Lipinski definition) is 1. The molecule has 0 aliphatic heterocycles. The van der Waals surface area contributed by atoms with Crippen LogP contribution in [0.5, 0.6) is 5.75 Å². The number of hydrogen-bond acceptors (Lipinski definition) is 3. The van der Waals surface area contributed by atoms with Crippen molar-refractivity contribution < 1.29 is 4.74 Å². The van der Waals surface area contributed by atoms with Gasteiger partial charge in [-0.3, -0.25) is 0 Å². The number of thiophene rings is 1. The average molecular weight is 289 g/mol. The molecule has 1 heterocycles. The fourth-order valence-electron chi connectivity index (χ4n) is 2.45.